The summed E-state index contributed by atoms with van der Waals surface area (Å²) in [6.45, 7) is 2.33. The average Bonchev–Trinajstić information content (AvgIpc) is 2.40. The number of aliphatic hydroxyl groups excluding tert-OH is 1. The fraction of sp³-hybridized carbons (Fsp3) is 0.429. The molecule has 1 unspecified atom stereocenters. The van der Waals surface area contributed by atoms with Crippen LogP contribution in [-0.4, -0.2) is 36.2 Å². The number of hydrogen-bond donors (Lipinski definition) is 3. The first-order valence-corrected chi connectivity index (χ1v) is 6.56. The van der Waals surface area contributed by atoms with E-state index >= 15 is 0 Å². The lowest BCUT2D eigenvalue weighted by Gasteiger charge is -2.25. The maximum absolute atomic E-state index is 11.9. The zero-order chi connectivity index (χ0) is 14.5. The molecule has 1 aliphatic rings. The van der Waals surface area contributed by atoms with Crippen molar-refractivity contribution in [3.8, 4) is 5.75 Å². The minimum absolute atomic E-state index is 0.0213. The minimum Gasteiger partial charge on any atom is -0.478 e. The third-order valence-corrected chi connectivity index (χ3v) is 2.98. The van der Waals surface area contributed by atoms with Gasteiger partial charge in [-0.15, -0.1) is 0 Å². The largest absolute Gasteiger partial charge is 0.478 e. The smallest absolute Gasteiger partial charge is 0.266 e. The van der Waals surface area contributed by atoms with Crippen molar-refractivity contribution in [3.05, 3.63) is 23.8 Å². The van der Waals surface area contributed by atoms with Crippen molar-refractivity contribution in [3.63, 3.8) is 0 Å². The van der Waals surface area contributed by atoms with Crippen LogP contribution in [0.4, 0.5) is 5.69 Å². The molecule has 1 aliphatic heterocycles. The van der Waals surface area contributed by atoms with Gasteiger partial charge in [0.2, 0.25) is 5.91 Å². The van der Waals surface area contributed by atoms with Crippen molar-refractivity contribution in [2.75, 3.05) is 18.5 Å². The summed E-state index contributed by atoms with van der Waals surface area (Å²) in [7, 11) is 0. The summed E-state index contributed by atoms with van der Waals surface area (Å²) in [4.78, 5) is 23.5. The second-order valence-corrected chi connectivity index (χ2v) is 4.73. The molecule has 1 atom stereocenters. The van der Waals surface area contributed by atoms with Crippen LogP contribution in [0.2, 0.25) is 0 Å². The van der Waals surface area contributed by atoms with Gasteiger partial charge in [0.25, 0.3) is 5.91 Å². The van der Waals surface area contributed by atoms with Gasteiger partial charge in [-0.05, 0) is 31.0 Å². The molecule has 1 aromatic rings. The molecule has 2 rings (SSSR count). The monoisotopic (exact) mass is 278 g/mol. The lowest BCUT2D eigenvalue weighted by molar-refractivity contribution is -0.130. The standard InChI is InChI=1S/C14H18N2O4/c1-9-3-4-11-10(7-9)16-14(19)12(20-11)8-13(18)15-5-2-6-17/h3-4,7,12,17H,2,5-6,8H2,1H3,(H,15,18)(H,16,19). The maximum Gasteiger partial charge on any atom is 0.266 e. The molecule has 0 spiro atoms. The van der Waals surface area contributed by atoms with Crippen molar-refractivity contribution >= 4 is 17.5 Å². The Morgan fingerprint density at radius 3 is 3.05 bits per heavy atom. The van der Waals surface area contributed by atoms with Gasteiger partial charge in [0, 0.05) is 13.2 Å². The molecule has 108 valence electrons. The Kier molecular flexibility index (Phi) is 4.57. The quantitative estimate of drug-likeness (QED) is 0.688. The van der Waals surface area contributed by atoms with E-state index in [4.69, 9.17) is 9.84 Å². The highest BCUT2D eigenvalue weighted by atomic mass is 16.5. The number of amides is 2. The van der Waals surface area contributed by atoms with E-state index in [9.17, 15) is 9.59 Å². The van der Waals surface area contributed by atoms with Crippen LogP contribution in [0.1, 0.15) is 18.4 Å². The molecule has 3 N–H and O–H groups in total. The molecule has 0 fully saturated rings. The number of rotatable bonds is 5. The fourth-order valence-corrected chi connectivity index (χ4v) is 1.95. The normalized spacial score (nSPS) is 16.9. The van der Waals surface area contributed by atoms with Crippen LogP contribution in [0.15, 0.2) is 18.2 Å². The lowest BCUT2D eigenvalue weighted by atomic mass is 10.1. The van der Waals surface area contributed by atoms with Crippen molar-refractivity contribution in [1.82, 2.24) is 5.32 Å². The number of fused-ring (bicyclic) bond motifs is 1. The Balaban J connectivity index is 1.95. The van der Waals surface area contributed by atoms with Gasteiger partial charge >= 0.3 is 0 Å². The molecule has 6 heteroatoms. The van der Waals surface area contributed by atoms with Gasteiger partial charge in [-0.1, -0.05) is 6.07 Å². The van der Waals surface area contributed by atoms with Gasteiger partial charge in [0.15, 0.2) is 6.10 Å². The second-order valence-electron chi connectivity index (χ2n) is 4.73. The first kappa shape index (κ1) is 14.3. The molecule has 1 heterocycles. The van der Waals surface area contributed by atoms with E-state index in [2.05, 4.69) is 10.6 Å². The van der Waals surface area contributed by atoms with Crippen LogP contribution in [0, 0.1) is 6.92 Å². The molecule has 20 heavy (non-hydrogen) atoms. The zero-order valence-corrected chi connectivity index (χ0v) is 11.3. The second kappa shape index (κ2) is 6.38. The number of aryl methyl sites for hydroxylation is 1. The third-order valence-electron chi connectivity index (χ3n) is 2.98. The first-order chi connectivity index (χ1) is 9.60. The molecule has 0 saturated heterocycles. The molecule has 6 nitrogen and oxygen atoms in total. The SMILES string of the molecule is Cc1ccc2c(c1)NC(=O)C(CC(=O)NCCCO)O2. The number of carbonyl (C=O) groups is 2. The van der Waals surface area contributed by atoms with E-state index in [1.807, 2.05) is 19.1 Å². The van der Waals surface area contributed by atoms with E-state index in [1.54, 1.807) is 6.07 Å². The van der Waals surface area contributed by atoms with Gasteiger partial charge in [0.1, 0.15) is 5.75 Å². The summed E-state index contributed by atoms with van der Waals surface area (Å²) >= 11 is 0. The van der Waals surface area contributed by atoms with Crippen LogP contribution in [0.25, 0.3) is 0 Å². The van der Waals surface area contributed by atoms with E-state index in [0.717, 1.165) is 5.56 Å². The van der Waals surface area contributed by atoms with Crippen LogP contribution >= 0.6 is 0 Å². The predicted molar refractivity (Wildman–Crippen MR) is 73.6 cm³/mol. The summed E-state index contributed by atoms with van der Waals surface area (Å²) in [6, 6.07) is 5.49. The van der Waals surface area contributed by atoms with Crippen LogP contribution in [-0.2, 0) is 9.59 Å². The minimum atomic E-state index is -0.820. The van der Waals surface area contributed by atoms with Gasteiger partial charge in [-0.25, -0.2) is 0 Å². The van der Waals surface area contributed by atoms with Crippen LogP contribution in [0.5, 0.6) is 5.75 Å². The van der Waals surface area contributed by atoms with E-state index in [1.165, 1.54) is 0 Å². The number of ether oxygens (including phenoxy) is 1. The Bertz CT molecular complexity index is 516. The van der Waals surface area contributed by atoms with Crippen molar-refractivity contribution < 1.29 is 19.4 Å². The van der Waals surface area contributed by atoms with Crippen LogP contribution < -0.4 is 15.4 Å². The van der Waals surface area contributed by atoms with Gasteiger partial charge < -0.3 is 20.5 Å². The number of nitrogens with one attached hydrogen (secondary N) is 2. The highest BCUT2D eigenvalue weighted by Crippen LogP contribution is 2.30. The molecule has 0 aromatic heterocycles. The Hall–Kier alpha value is -2.08. The zero-order valence-electron chi connectivity index (χ0n) is 11.3. The maximum atomic E-state index is 11.9. The number of aliphatic hydroxyl groups is 1. The van der Waals surface area contributed by atoms with E-state index in [-0.39, 0.29) is 24.8 Å². The van der Waals surface area contributed by atoms with E-state index in [0.29, 0.717) is 24.4 Å². The van der Waals surface area contributed by atoms with Gasteiger partial charge in [0.05, 0.1) is 12.1 Å². The fourth-order valence-electron chi connectivity index (χ4n) is 1.95. The highest BCUT2D eigenvalue weighted by Gasteiger charge is 2.29. The summed E-state index contributed by atoms with van der Waals surface area (Å²) in [5.41, 5.74) is 1.65. The molecule has 0 bridgehead atoms. The van der Waals surface area contributed by atoms with Crippen molar-refractivity contribution in [2.45, 2.75) is 25.9 Å². The molecular formula is C14H18N2O4. The number of carbonyl (C=O) groups excluding carboxylic acids is 2. The first-order valence-electron chi connectivity index (χ1n) is 6.56. The van der Waals surface area contributed by atoms with Gasteiger partial charge in [-0.2, -0.15) is 0 Å². The predicted octanol–water partition coefficient (Wildman–Crippen LogP) is 0.583. The van der Waals surface area contributed by atoms with Crippen LogP contribution in [0.3, 0.4) is 0 Å². The molecule has 0 aliphatic carbocycles. The van der Waals surface area contributed by atoms with Gasteiger partial charge in [-0.3, -0.25) is 9.59 Å². The Morgan fingerprint density at radius 2 is 2.30 bits per heavy atom. The topological polar surface area (TPSA) is 87.7 Å². The highest BCUT2D eigenvalue weighted by molar-refractivity contribution is 6.00. The molecule has 0 saturated carbocycles. The number of hydrogen-bond acceptors (Lipinski definition) is 4. The van der Waals surface area contributed by atoms with E-state index < -0.39 is 6.10 Å². The molecule has 2 amide bonds. The van der Waals surface area contributed by atoms with Crippen molar-refractivity contribution in [2.24, 2.45) is 0 Å². The average molecular weight is 278 g/mol. The summed E-state index contributed by atoms with van der Waals surface area (Å²) < 4.78 is 5.55. The Morgan fingerprint density at radius 1 is 1.50 bits per heavy atom. The summed E-state index contributed by atoms with van der Waals surface area (Å²) in [6.07, 6.45) is -0.366. The number of anilines is 1. The molecule has 0 radical (unpaired) electrons. The summed E-state index contributed by atoms with van der Waals surface area (Å²) in [5, 5.41) is 14.0. The lowest BCUT2D eigenvalue weighted by Crippen LogP contribution is -2.41. The van der Waals surface area contributed by atoms with Crippen molar-refractivity contribution in [1.29, 1.82) is 0 Å². The number of benzene rings is 1. The molecule has 1 aromatic carbocycles. The third kappa shape index (κ3) is 3.48. The Labute approximate surface area is 117 Å². The molecular weight excluding hydrogens is 260 g/mol. The summed E-state index contributed by atoms with van der Waals surface area (Å²) in [5.74, 6) is -0.0158.